The van der Waals surface area contributed by atoms with Gasteiger partial charge in [-0.05, 0) is 72.8 Å². The molecule has 1 amide bonds. The Morgan fingerprint density at radius 2 is 1.48 bits per heavy atom. The molecule has 5 N–H and O–H groups in total. The molecular weight excluding hydrogens is 572 g/mol. The summed E-state index contributed by atoms with van der Waals surface area (Å²) in [4.78, 5) is 36.3. The highest BCUT2D eigenvalue weighted by Crippen LogP contribution is 2.34. The molecule has 0 radical (unpaired) electrons. The van der Waals surface area contributed by atoms with Crippen molar-refractivity contribution in [2.75, 3.05) is 13.1 Å². The largest absolute Gasteiger partial charge is 0.341 e. The molecule has 0 aliphatic carbocycles. The number of carbonyl (C=O) groups excluding carboxylic acids is 1. The van der Waals surface area contributed by atoms with Gasteiger partial charge in [0.1, 0.15) is 17.7 Å². The lowest BCUT2D eigenvalue weighted by Crippen LogP contribution is -2.38. The fourth-order valence-corrected chi connectivity index (χ4v) is 6.82. The molecule has 0 spiro atoms. The Bertz CT molecular complexity index is 1990. The molecule has 9 nitrogen and oxygen atoms in total. The van der Waals surface area contributed by atoms with Crippen LogP contribution in [0.15, 0.2) is 97.5 Å². The molecule has 0 saturated carbocycles. The maximum Gasteiger partial charge on any atom is 0.244 e. The minimum absolute atomic E-state index is 0.0726. The van der Waals surface area contributed by atoms with Gasteiger partial charge in [-0.15, -0.1) is 0 Å². The third kappa shape index (κ3) is 5.37. The molecule has 3 aromatic carbocycles. The van der Waals surface area contributed by atoms with Gasteiger partial charge in [0.15, 0.2) is 0 Å². The van der Waals surface area contributed by atoms with Crippen LogP contribution in [0.25, 0.3) is 44.5 Å². The van der Waals surface area contributed by atoms with Crippen molar-refractivity contribution in [1.82, 2.24) is 35.1 Å². The topological polar surface area (TPSA) is 129 Å². The Morgan fingerprint density at radius 3 is 2.24 bits per heavy atom. The summed E-state index contributed by atoms with van der Waals surface area (Å²) in [5.41, 5.74) is 13.1. The normalized spacial score (nSPS) is 18.8. The highest BCUT2D eigenvalue weighted by atomic mass is 16.2. The summed E-state index contributed by atoms with van der Waals surface area (Å²) in [5, 5.41) is 5.83. The number of H-pyrrole nitrogens is 2. The monoisotopic (exact) mass is 608 g/mol. The Labute approximate surface area is 267 Å². The first-order valence-electron chi connectivity index (χ1n) is 16.1. The zero-order chi connectivity index (χ0) is 31.0. The first-order valence-corrected chi connectivity index (χ1v) is 16.1. The Hall–Kier alpha value is -5.12. The zero-order valence-corrected chi connectivity index (χ0v) is 25.5. The zero-order valence-electron chi connectivity index (χ0n) is 25.5. The number of amides is 1. The third-order valence-electron chi connectivity index (χ3n) is 9.38. The van der Waals surface area contributed by atoms with Crippen molar-refractivity contribution in [1.29, 1.82) is 0 Å². The van der Waals surface area contributed by atoms with E-state index in [2.05, 4.69) is 67.7 Å². The number of hydrogen-bond donors (Lipinski definition) is 4. The van der Waals surface area contributed by atoms with Crippen LogP contribution in [0.3, 0.4) is 0 Å². The number of pyridine rings is 1. The second-order valence-corrected chi connectivity index (χ2v) is 12.3. The summed E-state index contributed by atoms with van der Waals surface area (Å²) in [6.07, 6.45) is 9.71. The quantitative estimate of drug-likeness (QED) is 0.164. The van der Waals surface area contributed by atoms with Gasteiger partial charge < -0.3 is 25.9 Å². The molecule has 5 heterocycles. The third-order valence-corrected chi connectivity index (χ3v) is 9.38. The molecule has 2 aliphatic rings. The molecular formula is C37H36N8O. The molecule has 0 unspecified atom stereocenters. The highest BCUT2D eigenvalue weighted by Gasteiger charge is 2.35. The summed E-state index contributed by atoms with van der Waals surface area (Å²) in [6.45, 7) is 1.72. The predicted molar refractivity (Wildman–Crippen MR) is 179 cm³/mol. The van der Waals surface area contributed by atoms with Crippen LogP contribution in [-0.2, 0) is 4.79 Å². The van der Waals surface area contributed by atoms with E-state index in [1.54, 1.807) is 0 Å². The number of nitrogens with one attached hydrogen (secondary N) is 3. The number of rotatable bonds is 7. The van der Waals surface area contributed by atoms with Gasteiger partial charge in [0.2, 0.25) is 5.91 Å². The van der Waals surface area contributed by atoms with E-state index < -0.39 is 6.04 Å². The van der Waals surface area contributed by atoms with Gasteiger partial charge in [-0.25, -0.2) is 9.97 Å². The van der Waals surface area contributed by atoms with Gasteiger partial charge in [-0.1, -0.05) is 54.6 Å². The van der Waals surface area contributed by atoms with E-state index in [9.17, 15) is 4.79 Å². The number of carbonyl (C=O) groups is 1. The number of benzene rings is 3. The average molecular weight is 609 g/mol. The number of nitrogens with zero attached hydrogens (tertiary/aromatic N) is 4. The van der Waals surface area contributed by atoms with Crippen molar-refractivity contribution in [3.63, 3.8) is 0 Å². The predicted octanol–water partition coefficient (Wildman–Crippen LogP) is 6.47. The Morgan fingerprint density at radius 1 is 0.761 bits per heavy atom. The molecule has 6 aromatic rings. The first-order chi connectivity index (χ1) is 22.6. The van der Waals surface area contributed by atoms with E-state index in [4.69, 9.17) is 10.7 Å². The van der Waals surface area contributed by atoms with Crippen LogP contribution in [-0.4, -0.2) is 48.8 Å². The minimum Gasteiger partial charge on any atom is -0.341 e. The van der Waals surface area contributed by atoms with E-state index >= 15 is 0 Å². The molecule has 230 valence electrons. The Balaban J connectivity index is 0.971. The smallest absolute Gasteiger partial charge is 0.244 e. The van der Waals surface area contributed by atoms with Crippen LogP contribution in [0.4, 0.5) is 0 Å². The van der Waals surface area contributed by atoms with Crippen LogP contribution < -0.4 is 11.1 Å². The highest BCUT2D eigenvalue weighted by molar-refractivity contribution is 5.90. The van der Waals surface area contributed by atoms with E-state index in [0.717, 1.165) is 82.2 Å². The van der Waals surface area contributed by atoms with Crippen molar-refractivity contribution >= 4 is 16.7 Å². The van der Waals surface area contributed by atoms with E-state index in [1.807, 2.05) is 59.9 Å². The number of imidazole rings is 2. The standard InChI is InChI=1S/C37H36N8O/c38-34(23-6-2-1-3-7-23)37(46)45-17-5-9-33(45)36-42-22-32(44-36)28-14-15-29(40-20-28)26-12-10-25-19-27(13-11-24(25)18-26)31-21-41-35(43-31)30-8-4-16-39-30/h1-3,6-7,10-15,18-22,30,33-34,39H,4-5,8-9,16-17,38H2,(H,41,43)(H,42,44)/t30-,33-,34+/m0/s1. The lowest BCUT2D eigenvalue weighted by Gasteiger charge is -2.26. The van der Waals surface area contributed by atoms with Crippen molar-refractivity contribution in [3.8, 4) is 33.8 Å². The molecule has 3 atom stereocenters. The van der Waals surface area contributed by atoms with Gasteiger partial charge in [0, 0.05) is 29.4 Å². The summed E-state index contributed by atoms with van der Waals surface area (Å²) < 4.78 is 0. The molecule has 2 aliphatic heterocycles. The summed E-state index contributed by atoms with van der Waals surface area (Å²) >= 11 is 0. The number of nitrogens with two attached hydrogens (primary N) is 1. The first kappa shape index (κ1) is 28.4. The average Bonchev–Trinajstić information content (AvgIpc) is 3.94. The second-order valence-electron chi connectivity index (χ2n) is 12.3. The molecule has 8 rings (SSSR count). The molecule has 3 aromatic heterocycles. The SMILES string of the molecule is N[C@@H](C(=O)N1CCC[C@H]1c1ncc(-c2ccc(-c3ccc4cc(-c5cnc([C@@H]6CCCN6)[nH]5)ccc4c3)nc2)[nH]1)c1ccccc1. The number of aromatic nitrogens is 5. The van der Waals surface area contributed by atoms with E-state index in [1.165, 1.54) is 11.8 Å². The molecule has 9 heteroatoms. The summed E-state index contributed by atoms with van der Waals surface area (Å²) in [5.74, 6) is 1.72. The molecule has 46 heavy (non-hydrogen) atoms. The van der Waals surface area contributed by atoms with Crippen LogP contribution >= 0.6 is 0 Å². The van der Waals surface area contributed by atoms with Gasteiger partial charge in [0.25, 0.3) is 0 Å². The van der Waals surface area contributed by atoms with Crippen molar-refractivity contribution in [3.05, 3.63) is 115 Å². The van der Waals surface area contributed by atoms with E-state index in [0.29, 0.717) is 12.6 Å². The minimum atomic E-state index is -0.686. The van der Waals surface area contributed by atoms with Gasteiger partial charge in [-0.2, -0.15) is 0 Å². The van der Waals surface area contributed by atoms with Crippen molar-refractivity contribution in [2.45, 2.75) is 43.8 Å². The van der Waals surface area contributed by atoms with Crippen LogP contribution in [0.5, 0.6) is 0 Å². The van der Waals surface area contributed by atoms with Crippen molar-refractivity contribution in [2.24, 2.45) is 5.73 Å². The van der Waals surface area contributed by atoms with Crippen molar-refractivity contribution < 1.29 is 4.79 Å². The fraction of sp³-hybridized carbons (Fsp3) is 0.243. The van der Waals surface area contributed by atoms with Gasteiger partial charge >= 0.3 is 0 Å². The Kier molecular flexibility index (Phi) is 7.40. The maximum atomic E-state index is 13.3. The number of hydrogen-bond acceptors (Lipinski definition) is 6. The van der Waals surface area contributed by atoms with Gasteiger partial charge in [-0.3, -0.25) is 9.78 Å². The summed E-state index contributed by atoms with van der Waals surface area (Å²) in [6, 6.07) is 26.1. The van der Waals surface area contributed by atoms with Crippen LogP contribution in [0, 0.1) is 0 Å². The molecule has 0 bridgehead atoms. The number of fused-ring (bicyclic) bond motifs is 1. The van der Waals surface area contributed by atoms with Crippen LogP contribution in [0.2, 0.25) is 0 Å². The number of likely N-dealkylation sites (tertiary alicyclic amines) is 1. The van der Waals surface area contributed by atoms with Gasteiger partial charge in [0.05, 0.1) is 41.6 Å². The summed E-state index contributed by atoms with van der Waals surface area (Å²) in [7, 11) is 0. The second kappa shape index (κ2) is 12.0. The fourth-order valence-electron chi connectivity index (χ4n) is 6.82. The maximum absolute atomic E-state index is 13.3. The lowest BCUT2D eigenvalue weighted by molar-refractivity contribution is -0.133. The lowest BCUT2D eigenvalue weighted by atomic mass is 10.0. The molecule has 2 saturated heterocycles. The molecule has 2 fully saturated rings. The van der Waals surface area contributed by atoms with Crippen LogP contribution in [0.1, 0.15) is 61.0 Å². The number of aromatic amines is 2. The van der Waals surface area contributed by atoms with E-state index in [-0.39, 0.29) is 11.9 Å².